The van der Waals surface area contributed by atoms with Crippen molar-refractivity contribution in [1.82, 2.24) is 19.5 Å². The first kappa shape index (κ1) is 21.9. The molecular weight excluding hydrogens is 406 g/mol. The van der Waals surface area contributed by atoms with Gasteiger partial charge in [0.05, 0.1) is 32.2 Å². The van der Waals surface area contributed by atoms with Crippen LogP contribution >= 0.6 is 0 Å². The average molecular weight is 438 g/mol. The molecule has 170 valence electrons. The molecule has 1 aromatic carbocycles. The third-order valence-corrected chi connectivity index (χ3v) is 6.06. The molecule has 0 saturated carbocycles. The summed E-state index contributed by atoms with van der Waals surface area (Å²) in [7, 11) is 3.28. The Labute approximate surface area is 188 Å². The Hall–Kier alpha value is -3.29. The van der Waals surface area contributed by atoms with E-state index in [1.54, 1.807) is 14.2 Å². The lowest BCUT2D eigenvalue weighted by molar-refractivity contribution is -0.128. The molecule has 1 atom stereocenters. The molecule has 1 N–H and O–H groups in total. The van der Waals surface area contributed by atoms with Crippen LogP contribution in [0.1, 0.15) is 43.1 Å². The fourth-order valence-corrected chi connectivity index (χ4v) is 4.34. The van der Waals surface area contributed by atoms with Crippen molar-refractivity contribution in [1.29, 1.82) is 0 Å². The second-order valence-corrected chi connectivity index (χ2v) is 8.30. The van der Waals surface area contributed by atoms with Gasteiger partial charge in [0, 0.05) is 31.1 Å². The van der Waals surface area contributed by atoms with Crippen molar-refractivity contribution in [2.75, 3.05) is 26.1 Å². The van der Waals surface area contributed by atoms with E-state index in [1.807, 2.05) is 46.7 Å². The predicted octanol–water partition coefficient (Wildman–Crippen LogP) is 3.82. The standard InChI is InChI=1S/C24H31N5O3/c1-5-6-17-11-24(30)28(14-17)15-20-16(2)26-23-10-9-22(27-29(20)23)25-13-18-7-8-19(31-3)12-21(18)32-4/h7-10,12,17H,5-6,11,13-15H2,1-4H3,(H,25,27). The number of aromatic nitrogens is 3. The highest BCUT2D eigenvalue weighted by atomic mass is 16.5. The first-order valence-corrected chi connectivity index (χ1v) is 11.1. The topological polar surface area (TPSA) is 81.0 Å². The lowest BCUT2D eigenvalue weighted by Crippen LogP contribution is -2.26. The number of amides is 1. The number of rotatable bonds is 9. The van der Waals surface area contributed by atoms with Crippen molar-refractivity contribution in [3.63, 3.8) is 0 Å². The summed E-state index contributed by atoms with van der Waals surface area (Å²) in [6.07, 6.45) is 2.85. The van der Waals surface area contributed by atoms with Crippen LogP contribution in [-0.2, 0) is 17.9 Å². The fraction of sp³-hybridized carbons (Fsp3) is 0.458. The summed E-state index contributed by atoms with van der Waals surface area (Å²) in [6, 6.07) is 9.61. The normalized spacial score (nSPS) is 16.1. The number of benzene rings is 1. The van der Waals surface area contributed by atoms with Crippen LogP contribution in [0.5, 0.6) is 11.5 Å². The molecule has 0 spiro atoms. The van der Waals surface area contributed by atoms with Gasteiger partial charge in [-0.3, -0.25) is 4.79 Å². The summed E-state index contributed by atoms with van der Waals surface area (Å²) in [4.78, 5) is 19.1. The maximum atomic E-state index is 12.5. The number of aryl methyl sites for hydroxylation is 1. The minimum atomic E-state index is 0.221. The lowest BCUT2D eigenvalue weighted by Gasteiger charge is -2.17. The number of fused-ring (bicyclic) bond motifs is 1. The largest absolute Gasteiger partial charge is 0.497 e. The maximum absolute atomic E-state index is 12.5. The van der Waals surface area contributed by atoms with Crippen LogP contribution in [0.3, 0.4) is 0 Å². The Bertz CT molecular complexity index is 1110. The van der Waals surface area contributed by atoms with Crippen LogP contribution in [0.25, 0.3) is 5.65 Å². The molecule has 1 aliphatic rings. The number of nitrogens with zero attached hydrogens (tertiary/aromatic N) is 4. The van der Waals surface area contributed by atoms with Crippen molar-refractivity contribution < 1.29 is 14.3 Å². The maximum Gasteiger partial charge on any atom is 0.223 e. The van der Waals surface area contributed by atoms with E-state index in [1.165, 1.54) is 0 Å². The molecule has 8 nitrogen and oxygen atoms in total. The lowest BCUT2D eigenvalue weighted by atomic mass is 10.0. The average Bonchev–Trinajstić information content (AvgIpc) is 3.30. The van der Waals surface area contributed by atoms with Gasteiger partial charge in [0.15, 0.2) is 5.65 Å². The molecule has 0 radical (unpaired) electrons. The zero-order valence-corrected chi connectivity index (χ0v) is 19.2. The summed E-state index contributed by atoms with van der Waals surface area (Å²) in [6.45, 7) is 6.05. The van der Waals surface area contributed by atoms with Gasteiger partial charge in [-0.2, -0.15) is 0 Å². The Balaban J connectivity index is 1.52. The van der Waals surface area contributed by atoms with E-state index in [9.17, 15) is 4.79 Å². The molecule has 32 heavy (non-hydrogen) atoms. The third kappa shape index (κ3) is 4.49. The molecule has 1 fully saturated rings. The Kier molecular flexibility index (Phi) is 6.48. The molecule has 0 bridgehead atoms. The molecule has 3 heterocycles. The van der Waals surface area contributed by atoms with Gasteiger partial charge in [0.2, 0.25) is 5.91 Å². The minimum Gasteiger partial charge on any atom is -0.497 e. The molecule has 8 heteroatoms. The summed E-state index contributed by atoms with van der Waals surface area (Å²) < 4.78 is 12.6. The zero-order valence-electron chi connectivity index (χ0n) is 19.2. The van der Waals surface area contributed by atoms with E-state index in [0.717, 1.165) is 59.3 Å². The van der Waals surface area contributed by atoms with Gasteiger partial charge in [0.25, 0.3) is 0 Å². The summed E-state index contributed by atoms with van der Waals surface area (Å²) >= 11 is 0. The molecule has 1 saturated heterocycles. The van der Waals surface area contributed by atoms with Crippen LogP contribution < -0.4 is 14.8 Å². The van der Waals surface area contributed by atoms with Crippen LogP contribution in [-0.4, -0.2) is 46.2 Å². The van der Waals surface area contributed by atoms with Crippen molar-refractivity contribution in [3.05, 3.63) is 47.3 Å². The summed E-state index contributed by atoms with van der Waals surface area (Å²) in [5.41, 5.74) is 3.64. The number of carbonyl (C=O) groups excluding carboxylic acids is 1. The van der Waals surface area contributed by atoms with Crippen LogP contribution in [0.15, 0.2) is 30.3 Å². The summed E-state index contributed by atoms with van der Waals surface area (Å²) in [5, 5.41) is 8.13. The van der Waals surface area contributed by atoms with Gasteiger partial charge in [-0.15, -0.1) is 5.10 Å². The number of anilines is 1. The number of ether oxygens (including phenoxy) is 2. The van der Waals surface area contributed by atoms with Crippen molar-refractivity contribution in [3.8, 4) is 11.5 Å². The smallest absolute Gasteiger partial charge is 0.223 e. The molecular formula is C24H31N5O3. The van der Waals surface area contributed by atoms with Crippen LogP contribution in [0, 0.1) is 12.8 Å². The van der Waals surface area contributed by atoms with Gasteiger partial charge in [-0.05, 0) is 43.5 Å². The van der Waals surface area contributed by atoms with Crippen molar-refractivity contribution >= 4 is 17.4 Å². The Morgan fingerprint density at radius 2 is 2.03 bits per heavy atom. The summed E-state index contributed by atoms with van der Waals surface area (Å²) in [5.74, 6) is 2.91. The quantitative estimate of drug-likeness (QED) is 0.548. The predicted molar refractivity (Wildman–Crippen MR) is 123 cm³/mol. The second kappa shape index (κ2) is 9.46. The first-order chi connectivity index (χ1) is 15.5. The fourth-order valence-electron chi connectivity index (χ4n) is 4.34. The van der Waals surface area contributed by atoms with E-state index >= 15 is 0 Å². The molecule has 1 amide bonds. The van der Waals surface area contributed by atoms with Gasteiger partial charge < -0.3 is 19.7 Å². The van der Waals surface area contributed by atoms with Gasteiger partial charge >= 0.3 is 0 Å². The molecule has 1 aliphatic heterocycles. The number of hydrogen-bond acceptors (Lipinski definition) is 6. The van der Waals surface area contributed by atoms with E-state index in [2.05, 4.69) is 17.2 Å². The van der Waals surface area contributed by atoms with Crippen LogP contribution in [0.2, 0.25) is 0 Å². The molecule has 1 unspecified atom stereocenters. The number of likely N-dealkylation sites (tertiary alicyclic amines) is 1. The SMILES string of the molecule is CCCC1CC(=O)N(Cc2c(C)nc3ccc(NCc4ccc(OC)cc4OC)nn23)C1. The molecule has 0 aliphatic carbocycles. The number of carbonyl (C=O) groups is 1. The number of imidazole rings is 1. The highest BCUT2D eigenvalue weighted by Gasteiger charge is 2.30. The van der Waals surface area contributed by atoms with E-state index in [0.29, 0.717) is 25.4 Å². The Morgan fingerprint density at radius 1 is 1.19 bits per heavy atom. The van der Waals surface area contributed by atoms with Gasteiger partial charge in [0.1, 0.15) is 17.3 Å². The van der Waals surface area contributed by atoms with Crippen molar-refractivity contribution in [2.24, 2.45) is 5.92 Å². The van der Waals surface area contributed by atoms with E-state index in [4.69, 9.17) is 14.6 Å². The highest BCUT2D eigenvalue weighted by Crippen LogP contribution is 2.26. The second-order valence-electron chi connectivity index (χ2n) is 8.30. The van der Waals surface area contributed by atoms with Gasteiger partial charge in [-0.25, -0.2) is 9.50 Å². The highest BCUT2D eigenvalue weighted by molar-refractivity contribution is 5.78. The molecule has 4 rings (SSSR count). The zero-order chi connectivity index (χ0) is 22.7. The van der Waals surface area contributed by atoms with Crippen molar-refractivity contribution in [2.45, 2.75) is 46.2 Å². The number of methoxy groups -OCH3 is 2. The van der Waals surface area contributed by atoms with Crippen LogP contribution in [0.4, 0.5) is 5.82 Å². The van der Waals surface area contributed by atoms with E-state index in [-0.39, 0.29) is 5.91 Å². The number of nitrogens with one attached hydrogen (secondary N) is 1. The molecule has 2 aromatic heterocycles. The van der Waals surface area contributed by atoms with E-state index < -0.39 is 0 Å². The Morgan fingerprint density at radius 3 is 2.78 bits per heavy atom. The monoisotopic (exact) mass is 437 g/mol. The van der Waals surface area contributed by atoms with Gasteiger partial charge in [-0.1, -0.05) is 13.3 Å². The number of hydrogen-bond donors (Lipinski definition) is 1. The minimum absolute atomic E-state index is 0.221. The first-order valence-electron chi connectivity index (χ1n) is 11.1. The molecule has 3 aromatic rings. The third-order valence-electron chi connectivity index (χ3n) is 6.06.